The Morgan fingerprint density at radius 1 is 0.972 bits per heavy atom. The Morgan fingerprint density at radius 3 is 2.28 bits per heavy atom. The van der Waals surface area contributed by atoms with Crippen LogP contribution in [0.4, 0.5) is 0 Å². The van der Waals surface area contributed by atoms with Gasteiger partial charge >= 0.3 is 5.97 Å². The van der Waals surface area contributed by atoms with Crippen molar-refractivity contribution in [2.24, 2.45) is 11.5 Å². The molecule has 4 aromatic rings. The first kappa shape index (κ1) is 24.7. The van der Waals surface area contributed by atoms with Crippen molar-refractivity contribution in [3.8, 4) is 11.3 Å². The second kappa shape index (κ2) is 10.9. The molecule has 0 bridgehead atoms. The van der Waals surface area contributed by atoms with Crippen LogP contribution in [0.5, 0.6) is 0 Å². The van der Waals surface area contributed by atoms with Crippen molar-refractivity contribution in [1.82, 2.24) is 10.3 Å². The molecule has 0 amide bonds. The average molecular weight is 483 g/mol. The number of aromatic amines is 1. The van der Waals surface area contributed by atoms with E-state index in [1.54, 1.807) is 0 Å². The van der Waals surface area contributed by atoms with Crippen LogP contribution in [0.2, 0.25) is 0 Å². The highest BCUT2D eigenvalue weighted by atomic mass is 16.5. The summed E-state index contributed by atoms with van der Waals surface area (Å²) < 4.78 is 5.03. The number of methoxy groups -OCH3 is 1. The highest BCUT2D eigenvalue weighted by Gasteiger charge is 2.20. The third-order valence-electron chi connectivity index (χ3n) is 6.24. The van der Waals surface area contributed by atoms with Crippen LogP contribution in [0.15, 0.2) is 72.8 Å². The fourth-order valence-electron chi connectivity index (χ4n) is 4.35. The Morgan fingerprint density at radius 2 is 1.64 bits per heavy atom. The molecular formula is C28H30N6O2. The fourth-order valence-corrected chi connectivity index (χ4v) is 4.35. The van der Waals surface area contributed by atoms with Crippen molar-refractivity contribution >= 4 is 28.5 Å². The minimum Gasteiger partial charge on any atom is -0.468 e. The van der Waals surface area contributed by atoms with Gasteiger partial charge in [0.2, 0.25) is 0 Å². The van der Waals surface area contributed by atoms with E-state index in [-0.39, 0.29) is 17.6 Å². The summed E-state index contributed by atoms with van der Waals surface area (Å²) in [6.07, 6.45) is 1.17. The van der Waals surface area contributed by atoms with Gasteiger partial charge in [0.05, 0.1) is 7.11 Å². The first-order chi connectivity index (χ1) is 17.4. The number of fused-ring (bicyclic) bond motifs is 1. The van der Waals surface area contributed by atoms with Gasteiger partial charge in [-0.2, -0.15) is 0 Å². The molecule has 0 aliphatic heterocycles. The molecule has 8 nitrogen and oxygen atoms in total. The molecule has 0 aliphatic carbocycles. The summed E-state index contributed by atoms with van der Waals surface area (Å²) in [6, 6.07) is 22.5. The standard InChI is InChI=1S/C28H30N6O2/c1-36-28(35)24(15-17-5-3-2-4-6-17)33-14-13-22-21-12-11-20(27(31)32)16-23(21)34-25(22)18-7-9-19(10-8-18)26(29)30/h2-12,16,24,33-34H,13-15H2,1H3,(H3,29,30)(H3,31,32). The highest BCUT2D eigenvalue weighted by Crippen LogP contribution is 2.31. The van der Waals surface area contributed by atoms with Gasteiger partial charge in [0.25, 0.3) is 0 Å². The molecule has 4 rings (SSSR count). The maximum absolute atomic E-state index is 12.4. The second-order valence-corrected chi connectivity index (χ2v) is 8.61. The lowest BCUT2D eigenvalue weighted by Gasteiger charge is -2.17. The molecule has 0 saturated carbocycles. The number of carbonyl (C=O) groups excluding carboxylic acids is 1. The largest absolute Gasteiger partial charge is 0.468 e. The van der Waals surface area contributed by atoms with Gasteiger partial charge in [-0.3, -0.25) is 15.6 Å². The van der Waals surface area contributed by atoms with E-state index in [0.717, 1.165) is 33.3 Å². The van der Waals surface area contributed by atoms with Crippen LogP contribution in [0, 0.1) is 10.8 Å². The molecule has 1 aromatic heterocycles. The molecule has 0 saturated heterocycles. The number of aromatic nitrogens is 1. The van der Waals surface area contributed by atoms with Crippen molar-refractivity contribution in [2.45, 2.75) is 18.9 Å². The quantitative estimate of drug-likeness (QED) is 0.116. The topological polar surface area (TPSA) is 154 Å². The fraction of sp³-hybridized carbons (Fsp3) is 0.179. The Kier molecular flexibility index (Phi) is 7.46. The summed E-state index contributed by atoms with van der Waals surface area (Å²) in [5.74, 6) is -0.283. The number of nitrogens with two attached hydrogens (primary N) is 2. The van der Waals surface area contributed by atoms with Crippen molar-refractivity contribution in [3.63, 3.8) is 0 Å². The number of hydrogen-bond donors (Lipinski definition) is 6. The van der Waals surface area contributed by atoms with Crippen LogP contribution in [-0.4, -0.2) is 42.3 Å². The van der Waals surface area contributed by atoms with Gasteiger partial charge < -0.3 is 26.5 Å². The van der Waals surface area contributed by atoms with Crippen LogP contribution in [-0.2, 0) is 22.4 Å². The zero-order valence-electron chi connectivity index (χ0n) is 20.1. The number of benzene rings is 3. The van der Waals surface area contributed by atoms with E-state index in [4.69, 9.17) is 27.0 Å². The van der Waals surface area contributed by atoms with E-state index in [1.807, 2.05) is 72.8 Å². The summed E-state index contributed by atoms with van der Waals surface area (Å²) in [4.78, 5) is 15.9. The number of hydrogen-bond acceptors (Lipinski definition) is 5. The van der Waals surface area contributed by atoms with Crippen LogP contribution in [0.3, 0.4) is 0 Å². The maximum atomic E-state index is 12.4. The minimum absolute atomic E-state index is 0.00362. The molecular weight excluding hydrogens is 452 g/mol. The molecule has 1 atom stereocenters. The van der Waals surface area contributed by atoms with Crippen molar-refractivity contribution in [1.29, 1.82) is 10.8 Å². The van der Waals surface area contributed by atoms with E-state index < -0.39 is 6.04 Å². The number of amidine groups is 2. The van der Waals surface area contributed by atoms with Crippen molar-refractivity contribution < 1.29 is 9.53 Å². The van der Waals surface area contributed by atoms with Crippen molar-refractivity contribution in [2.75, 3.05) is 13.7 Å². The van der Waals surface area contributed by atoms with Gasteiger partial charge in [0.15, 0.2) is 0 Å². The van der Waals surface area contributed by atoms with E-state index >= 15 is 0 Å². The van der Waals surface area contributed by atoms with Gasteiger partial charge in [0.1, 0.15) is 17.7 Å². The molecule has 0 radical (unpaired) electrons. The van der Waals surface area contributed by atoms with Crippen LogP contribution < -0.4 is 16.8 Å². The third-order valence-corrected chi connectivity index (χ3v) is 6.24. The lowest BCUT2D eigenvalue weighted by molar-refractivity contribution is -0.143. The number of esters is 1. The SMILES string of the molecule is COC(=O)C(Cc1ccccc1)NCCc1c(-c2ccc(C(=N)N)cc2)[nH]c2cc(C(=N)N)ccc12. The smallest absolute Gasteiger partial charge is 0.323 e. The third kappa shape index (κ3) is 5.45. The number of carbonyl (C=O) groups is 1. The Bertz CT molecular complexity index is 1390. The molecule has 1 heterocycles. The normalized spacial score (nSPS) is 11.8. The van der Waals surface area contributed by atoms with Gasteiger partial charge in [-0.25, -0.2) is 0 Å². The zero-order chi connectivity index (χ0) is 25.7. The predicted molar refractivity (Wildman–Crippen MR) is 143 cm³/mol. The number of nitrogen functional groups attached to an aromatic ring is 2. The Hall–Kier alpha value is -4.43. The second-order valence-electron chi connectivity index (χ2n) is 8.61. The van der Waals surface area contributed by atoms with E-state index in [9.17, 15) is 4.79 Å². The number of nitrogens with one attached hydrogen (secondary N) is 4. The molecule has 184 valence electrons. The first-order valence-corrected chi connectivity index (χ1v) is 11.7. The van der Waals surface area contributed by atoms with Crippen LogP contribution >= 0.6 is 0 Å². The van der Waals surface area contributed by atoms with E-state index in [0.29, 0.717) is 30.5 Å². The molecule has 0 fully saturated rings. The molecule has 36 heavy (non-hydrogen) atoms. The Labute approximate surface area is 209 Å². The molecule has 0 aliphatic rings. The average Bonchev–Trinajstić information content (AvgIpc) is 3.26. The molecule has 8 heteroatoms. The molecule has 0 spiro atoms. The Balaban J connectivity index is 1.63. The summed E-state index contributed by atoms with van der Waals surface area (Å²) in [6.45, 7) is 0.548. The van der Waals surface area contributed by atoms with Gasteiger partial charge in [0, 0.05) is 34.3 Å². The summed E-state index contributed by atoms with van der Waals surface area (Å²) in [5, 5.41) is 19.8. The zero-order valence-corrected chi connectivity index (χ0v) is 20.1. The summed E-state index contributed by atoms with van der Waals surface area (Å²) in [7, 11) is 1.40. The van der Waals surface area contributed by atoms with Gasteiger partial charge in [-0.05, 0) is 35.6 Å². The van der Waals surface area contributed by atoms with Crippen LogP contribution in [0.25, 0.3) is 22.2 Å². The van der Waals surface area contributed by atoms with E-state index in [2.05, 4.69) is 10.3 Å². The monoisotopic (exact) mass is 482 g/mol. The predicted octanol–water partition coefficient (Wildman–Crippen LogP) is 3.32. The van der Waals surface area contributed by atoms with E-state index in [1.165, 1.54) is 7.11 Å². The molecule has 1 unspecified atom stereocenters. The number of H-pyrrole nitrogens is 1. The minimum atomic E-state index is -0.467. The number of ether oxygens (including phenoxy) is 1. The molecule has 8 N–H and O–H groups in total. The highest BCUT2D eigenvalue weighted by molar-refractivity contribution is 6.01. The maximum Gasteiger partial charge on any atom is 0.323 e. The molecule has 3 aromatic carbocycles. The lowest BCUT2D eigenvalue weighted by Crippen LogP contribution is -2.40. The lowest BCUT2D eigenvalue weighted by atomic mass is 10.00. The number of rotatable bonds is 10. The van der Waals surface area contributed by atoms with Crippen molar-refractivity contribution in [3.05, 3.63) is 95.1 Å². The van der Waals surface area contributed by atoms with Crippen LogP contribution in [0.1, 0.15) is 22.3 Å². The first-order valence-electron chi connectivity index (χ1n) is 11.7. The summed E-state index contributed by atoms with van der Waals surface area (Å²) >= 11 is 0. The van der Waals surface area contributed by atoms with Gasteiger partial charge in [-0.15, -0.1) is 0 Å². The van der Waals surface area contributed by atoms with Gasteiger partial charge in [-0.1, -0.05) is 66.7 Å². The summed E-state index contributed by atoms with van der Waals surface area (Å²) in [5.41, 5.74) is 17.5.